The molecule has 1 aromatic carbocycles. The van der Waals surface area contributed by atoms with Crippen molar-refractivity contribution in [3.05, 3.63) is 53.1 Å². The Labute approximate surface area is 183 Å². The van der Waals surface area contributed by atoms with Crippen LogP contribution in [0.15, 0.2) is 30.5 Å². The molecule has 3 heterocycles. The monoisotopic (exact) mass is 425 g/mol. The molecule has 8 nitrogen and oxygen atoms in total. The van der Waals surface area contributed by atoms with Gasteiger partial charge in [0.1, 0.15) is 11.7 Å². The van der Waals surface area contributed by atoms with Crippen LogP contribution < -0.4 is 4.90 Å². The molecule has 0 saturated carbocycles. The van der Waals surface area contributed by atoms with E-state index in [-0.39, 0.29) is 6.09 Å². The molecule has 2 aliphatic rings. The normalized spacial score (nSPS) is 18.1. The maximum Gasteiger partial charge on any atom is 0.410 e. The van der Waals surface area contributed by atoms with Gasteiger partial charge in [-0.3, -0.25) is 4.90 Å². The molecule has 1 amide bonds. The first-order valence-electron chi connectivity index (χ1n) is 10.7. The van der Waals surface area contributed by atoms with Crippen molar-refractivity contribution in [3.8, 4) is 0 Å². The lowest BCUT2D eigenvalue weighted by molar-refractivity contribution is 0.0240. The number of piperazine rings is 1. The van der Waals surface area contributed by atoms with Gasteiger partial charge in [-0.1, -0.05) is 12.1 Å². The Kier molecular flexibility index (Phi) is 5.85. The quantitative estimate of drug-likeness (QED) is 0.809. The van der Waals surface area contributed by atoms with Crippen LogP contribution in [0.4, 0.5) is 10.5 Å². The minimum atomic E-state index is -0.923. The molecule has 0 bridgehead atoms. The van der Waals surface area contributed by atoms with Gasteiger partial charge in [0, 0.05) is 43.6 Å². The van der Waals surface area contributed by atoms with Gasteiger partial charge in [-0.25, -0.2) is 14.8 Å². The maximum atomic E-state index is 12.4. The molecule has 31 heavy (non-hydrogen) atoms. The number of likely N-dealkylation sites (N-methyl/N-ethyl adjacent to an activating group) is 1. The van der Waals surface area contributed by atoms with Crippen molar-refractivity contribution >= 4 is 11.8 Å². The molecule has 1 fully saturated rings. The van der Waals surface area contributed by atoms with Gasteiger partial charge in [-0.05, 0) is 45.5 Å². The van der Waals surface area contributed by atoms with Gasteiger partial charge >= 0.3 is 6.09 Å². The molecule has 0 spiro atoms. The van der Waals surface area contributed by atoms with Crippen molar-refractivity contribution in [2.45, 2.75) is 45.6 Å². The van der Waals surface area contributed by atoms with E-state index in [1.165, 1.54) is 0 Å². The number of aliphatic hydroxyl groups excluding tert-OH is 1. The van der Waals surface area contributed by atoms with Crippen LogP contribution >= 0.6 is 0 Å². The third kappa shape index (κ3) is 4.97. The predicted molar refractivity (Wildman–Crippen MR) is 118 cm³/mol. The van der Waals surface area contributed by atoms with Gasteiger partial charge in [0.25, 0.3) is 0 Å². The smallest absolute Gasteiger partial charge is 0.410 e. The maximum absolute atomic E-state index is 12.4. The van der Waals surface area contributed by atoms with Gasteiger partial charge in [-0.15, -0.1) is 0 Å². The first kappa shape index (κ1) is 21.5. The van der Waals surface area contributed by atoms with Crippen molar-refractivity contribution in [1.82, 2.24) is 19.8 Å². The number of carbonyl (C=O) groups is 1. The number of aromatic nitrogens is 2. The van der Waals surface area contributed by atoms with Gasteiger partial charge in [0.2, 0.25) is 0 Å². The van der Waals surface area contributed by atoms with Crippen LogP contribution in [0.2, 0.25) is 0 Å². The first-order valence-corrected chi connectivity index (χ1v) is 10.7. The van der Waals surface area contributed by atoms with E-state index in [4.69, 9.17) is 4.74 Å². The zero-order chi connectivity index (χ0) is 22.2. The van der Waals surface area contributed by atoms with Crippen molar-refractivity contribution in [1.29, 1.82) is 0 Å². The van der Waals surface area contributed by atoms with Crippen LogP contribution in [0.3, 0.4) is 0 Å². The Morgan fingerprint density at radius 3 is 2.61 bits per heavy atom. The van der Waals surface area contributed by atoms with Crippen molar-refractivity contribution in [2.75, 3.05) is 38.1 Å². The lowest BCUT2D eigenvalue weighted by Crippen LogP contribution is -2.44. The Hall–Kier alpha value is -2.71. The first-order chi connectivity index (χ1) is 14.7. The second-order valence-electron chi connectivity index (χ2n) is 9.32. The molecule has 1 unspecified atom stereocenters. The van der Waals surface area contributed by atoms with Crippen molar-refractivity contribution in [2.24, 2.45) is 0 Å². The van der Waals surface area contributed by atoms with Gasteiger partial charge in [-0.2, -0.15) is 0 Å². The second kappa shape index (κ2) is 8.43. The Bertz CT molecular complexity index is 950. The number of anilines is 1. The van der Waals surface area contributed by atoms with Gasteiger partial charge in [0.15, 0.2) is 5.82 Å². The second-order valence-corrected chi connectivity index (χ2v) is 9.32. The third-order valence-corrected chi connectivity index (χ3v) is 5.63. The van der Waals surface area contributed by atoms with Gasteiger partial charge < -0.3 is 19.6 Å². The highest BCUT2D eigenvalue weighted by atomic mass is 16.6. The number of ether oxygens (including phenoxy) is 1. The largest absolute Gasteiger partial charge is 0.444 e. The summed E-state index contributed by atoms with van der Waals surface area (Å²) in [5, 5.41) is 11.0. The Balaban J connectivity index is 1.48. The molecule has 1 saturated heterocycles. The van der Waals surface area contributed by atoms with E-state index in [1.807, 2.05) is 39.0 Å². The van der Waals surface area contributed by atoms with Crippen LogP contribution in [-0.2, 0) is 17.8 Å². The lowest BCUT2D eigenvalue weighted by Gasteiger charge is -2.34. The van der Waals surface area contributed by atoms with Crippen LogP contribution in [0.1, 0.15) is 49.5 Å². The van der Waals surface area contributed by atoms with E-state index in [1.54, 1.807) is 11.1 Å². The summed E-state index contributed by atoms with van der Waals surface area (Å²) in [6.07, 6.45) is 0.413. The molecule has 2 aromatic rings. The topological polar surface area (TPSA) is 82.0 Å². The highest BCUT2D eigenvalue weighted by molar-refractivity contribution is 5.69. The van der Waals surface area contributed by atoms with Crippen molar-refractivity contribution < 1.29 is 14.6 Å². The fourth-order valence-corrected chi connectivity index (χ4v) is 3.86. The molecule has 1 atom stereocenters. The highest BCUT2D eigenvalue weighted by Gasteiger charge is 2.30. The number of hydrogen-bond acceptors (Lipinski definition) is 7. The molecule has 2 aliphatic heterocycles. The lowest BCUT2D eigenvalue weighted by atomic mass is 10.1. The summed E-state index contributed by atoms with van der Waals surface area (Å²) in [6.45, 7) is 10.3. The van der Waals surface area contributed by atoms with Crippen LogP contribution in [-0.4, -0.2) is 69.8 Å². The minimum Gasteiger partial charge on any atom is -0.444 e. The van der Waals surface area contributed by atoms with E-state index in [9.17, 15) is 9.90 Å². The number of fused-ring (bicyclic) bond motifs is 1. The van der Waals surface area contributed by atoms with Gasteiger partial charge in [0.05, 0.1) is 18.8 Å². The fourth-order valence-electron chi connectivity index (χ4n) is 3.86. The summed E-state index contributed by atoms with van der Waals surface area (Å²) in [5.74, 6) is 0.348. The summed E-state index contributed by atoms with van der Waals surface area (Å²) >= 11 is 0. The molecule has 4 rings (SSSR count). The van der Waals surface area contributed by atoms with E-state index in [0.29, 0.717) is 18.9 Å². The van der Waals surface area contributed by atoms with E-state index in [0.717, 1.165) is 48.7 Å². The summed E-state index contributed by atoms with van der Waals surface area (Å²) in [7, 11) is 2.13. The number of hydrogen-bond donors (Lipinski definition) is 1. The zero-order valence-electron chi connectivity index (χ0n) is 18.7. The Morgan fingerprint density at radius 1 is 1.16 bits per heavy atom. The SMILES string of the molecule is CN1CCN(c2cccc(C(O)c3ncc4c(n3)CN(C(=O)OC(C)(C)C)C4)c2)CC1. The molecule has 1 aromatic heterocycles. The predicted octanol–water partition coefficient (Wildman–Crippen LogP) is 2.56. The zero-order valence-corrected chi connectivity index (χ0v) is 18.7. The number of benzene rings is 1. The molecule has 0 aliphatic carbocycles. The molecule has 1 N–H and O–H groups in total. The number of rotatable bonds is 3. The summed E-state index contributed by atoms with van der Waals surface area (Å²) in [4.78, 5) is 27.6. The van der Waals surface area contributed by atoms with Crippen LogP contribution in [0.5, 0.6) is 0 Å². The third-order valence-electron chi connectivity index (χ3n) is 5.63. The molecular formula is C23H31N5O3. The van der Waals surface area contributed by atoms with Crippen LogP contribution in [0, 0.1) is 0 Å². The summed E-state index contributed by atoms with van der Waals surface area (Å²) < 4.78 is 5.46. The highest BCUT2D eigenvalue weighted by Crippen LogP contribution is 2.28. The minimum absolute atomic E-state index is 0.348. The molecular weight excluding hydrogens is 394 g/mol. The average molecular weight is 426 g/mol. The summed E-state index contributed by atoms with van der Waals surface area (Å²) in [5.41, 5.74) is 2.95. The standard InChI is InChI=1S/C23H31N5O3/c1-23(2,3)31-22(30)28-14-17-13-24-21(25-19(17)15-28)20(29)16-6-5-7-18(12-16)27-10-8-26(4)9-11-27/h5-7,12-13,20,29H,8-11,14-15H2,1-4H3. The number of nitrogens with zero attached hydrogens (tertiary/aromatic N) is 5. The average Bonchev–Trinajstić information content (AvgIpc) is 3.16. The van der Waals surface area contributed by atoms with E-state index >= 15 is 0 Å². The van der Waals surface area contributed by atoms with E-state index < -0.39 is 11.7 Å². The number of aliphatic hydroxyl groups is 1. The molecule has 8 heteroatoms. The number of carbonyl (C=O) groups excluding carboxylic acids is 1. The van der Waals surface area contributed by atoms with E-state index in [2.05, 4.69) is 32.9 Å². The molecule has 0 radical (unpaired) electrons. The summed E-state index contributed by atoms with van der Waals surface area (Å²) in [6, 6.07) is 7.95. The molecule has 166 valence electrons. The number of amides is 1. The van der Waals surface area contributed by atoms with Crippen molar-refractivity contribution in [3.63, 3.8) is 0 Å². The fraction of sp³-hybridized carbons (Fsp3) is 0.522. The van der Waals surface area contributed by atoms with Crippen LogP contribution in [0.25, 0.3) is 0 Å². The Morgan fingerprint density at radius 2 is 1.90 bits per heavy atom.